The fraction of sp³-hybridized carbons (Fsp3) is 1.00. The summed E-state index contributed by atoms with van der Waals surface area (Å²) in [4.78, 5) is 0. The maximum absolute atomic E-state index is 2.41. The van der Waals surface area contributed by atoms with Crippen LogP contribution in [-0.2, 0) is 0 Å². The molecule has 0 spiro atoms. The minimum atomic E-state index is 0.436. The number of hydrogen-bond donors (Lipinski definition) is 0. The van der Waals surface area contributed by atoms with Crippen molar-refractivity contribution in [1.29, 1.82) is 0 Å². The number of rotatable bonds is 4. The zero-order valence-corrected chi connectivity index (χ0v) is 10.7. The van der Waals surface area contributed by atoms with Gasteiger partial charge in [0.25, 0.3) is 0 Å². The summed E-state index contributed by atoms with van der Waals surface area (Å²) in [5.74, 6) is 0.836. The molecule has 0 radical (unpaired) electrons. The van der Waals surface area contributed by atoms with Gasteiger partial charge in [0, 0.05) is 0 Å². The topological polar surface area (TPSA) is 0 Å². The second-order valence-electron chi connectivity index (χ2n) is 5.42. The van der Waals surface area contributed by atoms with Gasteiger partial charge in [-0.05, 0) is 29.6 Å². The fourth-order valence-corrected chi connectivity index (χ4v) is 3.14. The van der Waals surface area contributed by atoms with Crippen LogP contribution >= 0.6 is 0 Å². The normalized spacial score (nSPS) is 15.9. The summed E-state index contributed by atoms with van der Waals surface area (Å²) in [6.45, 7) is 16.6. The van der Waals surface area contributed by atoms with Gasteiger partial charge in [0.15, 0.2) is 0 Å². The van der Waals surface area contributed by atoms with Crippen molar-refractivity contribution < 1.29 is 0 Å². The Morgan fingerprint density at radius 1 is 0.923 bits per heavy atom. The lowest BCUT2D eigenvalue weighted by molar-refractivity contribution is 0.0113. The largest absolute Gasteiger partial charge is 0.0651 e. The van der Waals surface area contributed by atoms with Gasteiger partial charge >= 0.3 is 0 Å². The third kappa shape index (κ3) is 2.27. The standard InChI is InChI=1S/C13H28/c1-8-11(4)13(9-2,10-3)12(5,6)7/h11H,8-10H2,1-7H3. The lowest BCUT2D eigenvalue weighted by Gasteiger charge is -2.48. The molecule has 0 amide bonds. The Balaban J connectivity index is 4.91. The molecule has 0 aliphatic heterocycles. The number of hydrogen-bond acceptors (Lipinski definition) is 0. The molecule has 80 valence electrons. The van der Waals surface area contributed by atoms with Crippen molar-refractivity contribution in [1.82, 2.24) is 0 Å². The van der Waals surface area contributed by atoms with Crippen molar-refractivity contribution in [2.75, 3.05) is 0 Å². The van der Waals surface area contributed by atoms with Crippen molar-refractivity contribution >= 4 is 0 Å². The summed E-state index contributed by atoms with van der Waals surface area (Å²) >= 11 is 0. The zero-order chi connectivity index (χ0) is 10.7. The van der Waals surface area contributed by atoms with Crippen molar-refractivity contribution in [2.24, 2.45) is 16.7 Å². The van der Waals surface area contributed by atoms with Crippen LogP contribution in [0.2, 0.25) is 0 Å². The van der Waals surface area contributed by atoms with E-state index >= 15 is 0 Å². The molecule has 0 bridgehead atoms. The average Bonchev–Trinajstić information content (AvgIpc) is 2.04. The van der Waals surface area contributed by atoms with Crippen molar-refractivity contribution in [3.8, 4) is 0 Å². The maximum atomic E-state index is 2.41. The maximum Gasteiger partial charge on any atom is -0.0229 e. The monoisotopic (exact) mass is 184 g/mol. The quantitative estimate of drug-likeness (QED) is 0.584. The van der Waals surface area contributed by atoms with E-state index < -0.39 is 0 Å². The molecule has 0 aromatic heterocycles. The van der Waals surface area contributed by atoms with E-state index in [1.54, 1.807) is 0 Å². The van der Waals surface area contributed by atoms with E-state index in [0.717, 1.165) is 5.92 Å². The summed E-state index contributed by atoms with van der Waals surface area (Å²) < 4.78 is 0. The predicted molar refractivity (Wildman–Crippen MR) is 61.9 cm³/mol. The van der Waals surface area contributed by atoms with Crippen LogP contribution in [-0.4, -0.2) is 0 Å². The Hall–Kier alpha value is 0. The molecule has 0 fully saturated rings. The highest BCUT2D eigenvalue weighted by Gasteiger charge is 2.42. The first-order valence-corrected chi connectivity index (χ1v) is 5.85. The smallest absolute Gasteiger partial charge is 0.0229 e. The van der Waals surface area contributed by atoms with Crippen molar-refractivity contribution in [3.63, 3.8) is 0 Å². The Bertz CT molecular complexity index is 135. The third-order valence-corrected chi connectivity index (χ3v) is 4.31. The first kappa shape index (κ1) is 13.0. The second kappa shape index (κ2) is 4.48. The minimum absolute atomic E-state index is 0.436. The van der Waals surface area contributed by atoms with Gasteiger partial charge in [-0.1, -0.05) is 54.9 Å². The SMILES string of the molecule is CCC(C)C(CC)(CC)C(C)(C)C. The van der Waals surface area contributed by atoms with Gasteiger partial charge in [-0.2, -0.15) is 0 Å². The highest BCUT2D eigenvalue weighted by molar-refractivity contribution is 4.91. The van der Waals surface area contributed by atoms with Gasteiger partial charge in [0.05, 0.1) is 0 Å². The first-order valence-electron chi connectivity index (χ1n) is 5.85. The van der Waals surface area contributed by atoms with Gasteiger partial charge in [0.1, 0.15) is 0 Å². The van der Waals surface area contributed by atoms with E-state index in [1.807, 2.05) is 0 Å². The molecule has 0 N–H and O–H groups in total. The minimum Gasteiger partial charge on any atom is -0.0651 e. The molecule has 1 atom stereocenters. The zero-order valence-electron chi connectivity index (χ0n) is 10.7. The van der Waals surface area contributed by atoms with E-state index in [4.69, 9.17) is 0 Å². The van der Waals surface area contributed by atoms with Crippen LogP contribution in [0.15, 0.2) is 0 Å². The van der Waals surface area contributed by atoms with E-state index in [1.165, 1.54) is 19.3 Å². The van der Waals surface area contributed by atoms with Crippen LogP contribution in [0.25, 0.3) is 0 Å². The Morgan fingerprint density at radius 2 is 1.31 bits per heavy atom. The molecule has 1 unspecified atom stereocenters. The summed E-state index contributed by atoms with van der Waals surface area (Å²) in [7, 11) is 0. The van der Waals surface area contributed by atoms with E-state index in [-0.39, 0.29) is 0 Å². The molecular formula is C13H28. The second-order valence-corrected chi connectivity index (χ2v) is 5.42. The van der Waals surface area contributed by atoms with Crippen LogP contribution in [0.1, 0.15) is 67.7 Å². The molecule has 13 heavy (non-hydrogen) atoms. The lowest BCUT2D eigenvalue weighted by atomic mass is 9.57. The van der Waals surface area contributed by atoms with Gasteiger partial charge in [-0.25, -0.2) is 0 Å². The Kier molecular flexibility index (Phi) is 4.48. The summed E-state index contributed by atoms with van der Waals surface area (Å²) in [6.07, 6.45) is 3.92. The molecule has 0 aliphatic carbocycles. The molecule has 0 aromatic carbocycles. The molecule has 0 aliphatic rings. The average molecular weight is 184 g/mol. The molecule has 0 saturated heterocycles. The molecule has 0 saturated carbocycles. The van der Waals surface area contributed by atoms with Gasteiger partial charge in [-0.3, -0.25) is 0 Å². The molecule has 0 nitrogen and oxygen atoms in total. The van der Waals surface area contributed by atoms with Gasteiger partial charge < -0.3 is 0 Å². The highest BCUT2D eigenvalue weighted by atomic mass is 14.5. The highest BCUT2D eigenvalue weighted by Crippen LogP contribution is 2.50. The molecule has 0 rings (SSSR count). The molecule has 0 aromatic rings. The summed E-state index contributed by atoms with van der Waals surface area (Å²) in [6, 6.07) is 0. The Morgan fingerprint density at radius 3 is 1.38 bits per heavy atom. The Labute approximate surface area is 85.1 Å². The molecule has 0 heteroatoms. The molecular weight excluding hydrogens is 156 g/mol. The lowest BCUT2D eigenvalue weighted by Crippen LogP contribution is -2.40. The van der Waals surface area contributed by atoms with E-state index in [9.17, 15) is 0 Å². The van der Waals surface area contributed by atoms with Crippen LogP contribution < -0.4 is 0 Å². The molecule has 0 heterocycles. The van der Waals surface area contributed by atoms with Crippen LogP contribution in [0.4, 0.5) is 0 Å². The van der Waals surface area contributed by atoms with Crippen molar-refractivity contribution in [2.45, 2.75) is 67.7 Å². The van der Waals surface area contributed by atoms with Gasteiger partial charge in [-0.15, -0.1) is 0 Å². The summed E-state index contributed by atoms with van der Waals surface area (Å²) in [5, 5.41) is 0. The predicted octanol–water partition coefficient (Wildman–Crippen LogP) is 4.89. The summed E-state index contributed by atoms with van der Waals surface area (Å²) in [5.41, 5.74) is 0.966. The third-order valence-electron chi connectivity index (χ3n) is 4.31. The van der Waals surface area contributed by atoms with E-state index in [2.05, 4.69) is 48.5 Å². The van der Waals surface area contributed by atoms with Crippen molar-refractivity contribution in [3.05, 3.63) is 0 Å². The van der Waals surface area contributed by atoms with Crippen LogP contribution in [0.5, 0.6) is 0 Å². The van der Waals surface area contributed by atoms with Crippen LogP contribution in [0, 0.1) is 16.7 Å². The van der Waals surface area contributed by atoms with Gasteiger partial charge in [0.2, 0.25) is 0 Å². The fourth-order valence-electron chi connectivity index (χ4n) is 3.14. The van der Waals surface area contributed by atoms with Crippen LogP contribution in [0.3, 0.4) is 0 Å². The first-order chi connectivity index (χ1) is 5.85. The van der Waals surface area contributed by atoms with E-state index in [0.29, 0.717) is 10.8 Å².